The first kappa shape index (κ1) is 13.9. The van der Waals surface area contributed by atoms with Crippen LogP contribution in [0.3, 0.4) is 0 Å². The van der Waals surface area contributed by atoms with Crippen LogP contribution in [-0.4, -0.2) is 12.6 Å². The summed E-state index contributed by atoms with van der Waals surface area (Å²) in [6.07, 6.45) is 6.29. The Bertz CT molecular complexity index is 387. The van der Waals surface area contributed by atoms with Crippen LogP contribution in [0.2, 0.25) is 5.02 Å². The molecule has 2 heteroatoms. The minimum atomic E-state index is 0.623. The van der Waals surface area contributed by atoms with Gasteiger partial charge in [-0.25, -0.2) is 0 Å². The van der Waals surface area contributed by atoms with E-state index in [2.05, 4.69) is 31.3 Å². The SMILES string of the molecule is CC(C)CCCCNC1Cc2ccc(Cl)cc2C1. The van der Waals surface area contributed by atoms with E-state index in [9.17, 15) is 0 Å². The zero-order valence-electron chi connectivity index (χ0n) is 11.5. The van der Waals surface area contributed by atoms with Gasteiger partial charge in [0.15, 0.2) is 0 Å². The van der Waals surface area contributed by atoms with E-state index >= 15 is 0 Å². The molecule has 1 aromatic carbocycles. The molecule has 1 N–H and O–H groups in total. The van der Waals surface area contributed by atoms with Crippen LogP contribution in [0.5, 0.6) is 0 Å². The van der Waals surface area contributed by atoms with Gasteiger partial charge >= 0.3 is 0 Å². The van der Waals surface area contributed by atoms with Crippen LogP contribution in [0.15, 0.2) is 18.2 Å². The fourth-order valence-electron chi connectivity index (χ4n) is 2.71. The lowest BCUT2D eigenvalue weighted by Crippen LogP contribution is -2.30. The van der Waals surface area contributed by atoms with Gasteiger partial charge in [0.2, 0.25) is 0 Å². The molecule has 1 nitrogen and oxygen atoms in total. The molecular formula is C16H24ClN. The number of fused-ring (bicyclic) bond motifs is 1. The highest BCUT2D eigenvalue weighted by Crippen LogP contribution is 2.25. The lowest BCUT2D eigenvalue weighted by Gasteiger charge is -2.12. The van der Waals surface area contributed by atoms with Crippen molar-refractivity contribution in [3.63, 3.8) is 0 Å². The summed E-state index contributed by atoms with van der Waals surface area (Å²) >= 11 is 6.03. The van der Waals surface area contributed by atoms with Crippen LogP contribution in [0.4, 0.5) is 0 Å². The molecule has 0 aliphatic heterocycles. The first-order chi connectivity index (χ1) is 8.65. The molecule has 0 amide bonds. The summed E-state index contributed by atoms with van der Waals surface area (Å²) < 4.78 is 0. The second kappa shape index (κ2) is 6.58. The number of hydrogen-bond acceptors (Lipinski definition) is 1. The molecule has 1 aliphatic carbocycles. The number of benzene rings is 1. The van der Waals surface area contributed by atoms with E-state index in [1.807, 2.05) is 6.07 Å². The predicted octanol–water partition coefficient (Wildman–Crippen LogP) is 4.22. The van der Waals surface area contributed by atoms with E-state index in [1.165, 1.54) is 30.4 Å². The molecule has 0 spiro atoms. The van der Waals surface area contributed by atoms with Crippen LogP contribution in [0, 0.1) is 5.92 Å². The molecule has 0 radical (unpaired) electrons. The Morgan fingerprint density at radius 1 is 1.22 bits per heavy atom. The summed E-state index contributed by atoms with van der Waals surface area (Å²) in [6, 6.07) is 6.93. The molecule has 1 unspecified atom stereocenters. The third kappa shape index (κ3) is 4.00. The molecular weight excluding hydrogens is 242 g/mol. The van der Waals surface area contributed by atoms with Crippen molar-refractivity contribution in [2.75, 3.05) is 6.54 Å². The summed E-state index contributed by atoms with van der Waals surface area (Å²) in [5, 5.41) is 4.55. The maximum absolute atomic E-state index is 6.03. The lowest BCUT2D eigenvalue weighted by atomic mass is 10.1. The standard InChI is InChI=1S/C16H24ClN/c1-12(2)5-3-4-8-18-16-10-13-6-7-15(17)9-14(13)11-16/h6-7,9,12,16,18H,3-5,8,10-11H2,1-2H3. The average Bonchev–Trinajstić information content (AvgIpc) is 2.70. The number of unbranched alkanes of at least 4 members (excludes halogenated alkanes) is 1. The largest absolute Gasteiger partial charge is 0.313 e. The Morgan fingerprint density at radius 3 is 2.78 bits per heavy atom. The third-order valence-electron chi connectivity index (χ3n) is 3.74. The monoisotopic (exact) mass is 265 g/mol. The highest BCUT2D eigenvalue weighted by molar-refractivity contribution is 6.30. The topological polar surface area (TPSA) is 12.0 Å². The minimum Gasteiger partial charge on any atom is -0.313 e. The van der Waals surface area contributed by atoms with E-state index in [1.54, 1.807) is 0 Å². The molecule has 0 fully saturated rings. The van der Waals surface area contributed by atoms with Gasteiger partial charge in [0.25, 0.3) is 0 Å². The molecule has 18 heavy (non-hydrogen) atoms. The summed E-state index contributed by atoms with van der Waals surface area (Å²) in [6.45, 7) is 5.74. The summed E-state index contributed by atoms with van der Waals surface area (Å²) in [5.74, 6) is 0.836. The first-order valence-corrected chi connectivity index (χ1v) is 7.53. The van der Waals surface area contributed by atoms with Crippen molar-refractivity contribution in [1.82, 2.24) is 5.32 Å². The van der Waals surface area contributed by atoms with E-state index < -0.39 is 0 Å². The van der Waals surface area contributed by atoms with Crippen LogP contribution in [0.25, 0.3) is 0 Å². The molecule has 1 aromatic rings. The van der Waals surface area contributed by atoms with Gasteiger partial charge in [0.05, 0.1) is 0 Å². The zero-order chi connectivity index (χ0) is 13.0. The van der Waals surface area contributed by atoms with Crippen LogP contribution >= 0.6 is 11.6 Å². The normalized spacial score (nSPS) is 18.3. The van der Waals surface area contributed by atoms with Crippen molar-refractivity contribution >= 4 is 11.6 Å². The van der Waals surface area contributed by atoms with Gasteiger partial charge in [0, 0.05) is 11.1 Å². The quantitative estimate of drug-likeness (QED) is 0.760. The van der Waals surface area contributed by atoms with E-state index in [0.29, 0.717) is 6.04 Å². The molecule has 2 rings (SSSR count). The van der Waals surface area contributed by atoms with Gasteiger partial charge in [-0.3, -0.25) is 0 Å². The molecule has 0 saturated heterocycles. The van der Waals surface area contributed by atoms with E-state index in [4.69, 9.17) is 11.6 Å². The Balaban J connectivity index is 1.68. The summed E-state index contributed by atoms with van der Waals surface area (Å²) in [4.78, 5) is 0. The molecule has 0 bridgehead atoms. The molecule has 1 atom stereocenters. The number of rotatable bonds is 6. The van der Waals surface area contributed by atoms with Crippen molar-refractivity contribution in [3.05, 3.63) is 34.3 Å². The second-order valence-corrected chi connectivity index (χ2v) is 6.30. The van der Waals surface area contributed by atoms with Gasteiger partial charge in [-0.1, -0.05) is 44.4 Å². The van der Waals surface area contributed by atoms with Gasteiger partial charge in [-0.2, -0.15) is 0 Å². The number of hydrogen-bond donors (Lipinski definition) is 1. The average molecular weight is 266 g/mol. The predicted molar refractivity (Wildman–Crippen MR) is 79.3 cm³/mol. The molecule has 1 aliphatic rings. The smallest absolute Gasteiger partial charge is 0.0408 e. The zero-order valence-corrected chi connectivity index (χ0v) is 12.3. The first-order valence-electron chi connectivity index (χ1n) is 7.16. The third-order valence-corrected chi connectivity index (χ3v) is 3.98. The maximum Gasteiger partial charge on any atom is 0.0408 e. The molecule has 0 aromatic heterocycles. The Morgan fingerprint density at radius 2 is 2.00 bits per heavy atom. The fourth-order valence-corrected chi connectivity index (χ4v) is 2.91. The highest BCUT2D eigenvalue weighted by atomic mass is 35.5. The van der Waals surface area contributed by atoms with Crippen LogP contribution in [0.1, 0.15) is 44.2 Å². The number of nitrogens with one attached hydrogen (secondary N) is 1. The Kier molecular flexibility index (Phi) is 5.08. The second-order valence-electron chi connectivity index (χ2n) is 5.86. The van der Waals surface area contributed by atoms with E-state index in [-0.39, 0.29) is 0 Å². The molecule has 0 saturated carbocycles. The van der Waals surface area contributed by atoms with Crippen molar-refractivity contribution in [1.29, 1.82) is 0 Å². The van der Waals surface area contributed by atoms with Crippen LogP contribution < -0.4 is 5.32 Å². The van der Waals surface area contributed by atoms with Crippen LogP contribution in [-0.2, 0) is 12.8 Å². The van der Waals surface area contributed by atoms with Crippen molar-refractivity contribution < 1.29 is 0 Å². The summed E-state index contributed by atoms with van der Waals surface area (Å²) in [7, 11) is 0. The Hall–Kier alpha value is -0.530. The molecule has 0 heterocycles. The lowest BCUT2D eigenvalue weighted by molar-refractivity contribution is 0.483. The van der Waals surface area contributed by atoms with Gasteiger partial charge in [-0.15, -0.1) is 0 Å². The van der Waals surface area contributed by atoms with Crippen molar-refractivity contribution in [2.24, 2.45) is 5.92 Å². The fraction of sp³-hybridized carbons (Fsp3) is 0.625. The van der Waals surface area contributed by atoms with Gasteiger partial charge in [-0.05, 0) is 55.0 Å². The van der Waals surface area contributed by atoms with Crippen molar-refractivity contribution in [2.45, 2.75) is 52.0 Å². The maximum atomic E-state index is 6.03. The van der Waals surface area contributed by atoms with Gasteiger partial charge < -0.3 is 5.32 Å². The summed E-state index contributed by atoms with van der Waals surface area (Å²) in [5.41, 5.74) is 2.90. The molecule has 100 valence electrons. The minimum absolute atomic E-state index is 0.623. The van der Waals surface area contributed by atoms with Gasteiger partial charge in [0.1, 0.15) is 0 Å². The van der Waals surface area contributed by atoms with E-state index in [0.717, 1.165) is 30.3 Å². The highest BCUT2D eigenvalue weighted by Gasteiger charge is 2.20. The van der Waals surface area contributed by atoms with Crippen molar-refractivity contribution in [3.8, 4) is 0 Å². The Labute approximate surface area is 116 Å². The number of halogens is 1.